The summed E-state index contributed by atoms with van der Waals surface area (Å²) in [6.07, 6.45) is 2.92. The summed E-state index contributed by atoms with van der Waals surface area (Å²) >= 11 is 0. The number of carbonyl (C=O) groups is 2. The maximum absolute atomic E-state index is 12.4. The van der Waals surface area contributed by atoms with Crippen molar-refractivity contribution in [2.75, 3.05) is 10.6 Å². The molecule has 1 heterocycles. The topological polar surface area (TPSA) is 84.0 Å². The number of nitrogens with one attached hydrogen (secondary N) is 2. The predicted molar refractivity (Wildman–Crippen MR) is 106 cm³/mol. The fourth-order valence-corrected chi connectivity index (χ4v) is 2.48. The van der Waals surface area contributed by atoms with E-state index in [-0.39, 0.29) is 11.7 Å². The third-order valence-electron chi connectivity index (χ3n) is 4.20. The highest BCUT2D eigenvalue weighted by Gasteiger charge is 2.09. The Balaban J connectivity index is 1.69. The summed E-state index contributed by atoms with van der Waals surface area (Å²) in [4.78, 5) is 32.2. The van der Waals surface area contributed by atoms with Crippen LogP contribution in [0.4, 0.5) is 17.3 Å². The van der Waals surface area contributed by atoms with Crippen LogP contribution in [0.1, 0.15) is 38.8 Å². The third kappa shape index (κ3) is 4.55. The average molecular weight is 360 g/mol. The smallest absolute Gasteiger partial charge is 0.258 e. The van der Waals surface area contributed by atoms with Crippen molar-refractivity contribution in [3.05, 3.63) is 77.1 Å². The molecule has 0 fully saturated rings. The minimum Gasteiger partial charge on any atom is -0.324 e. The van der Waals surface area contributed by atoms with Crippen LogP contribution in [-0.2, 0) is 0 Å². The van der Waals surface area contributed by atoms with Gasteiger partial charge in [-0.3, -0.25) is 9.59 Å². The first-order valence-electron chi connectivity index (χ1n) is 8.51. The van der Waals surface area contributed by atoms with E-state index >= 15 is 0 Å². The van der Waals surface area contributed by atoms with Gasteiger partial charge in [0.15, 0.2) is 5.78 Å². The Kier molecular flexibility index (Phi) is 5.26. The normalized spacial score (nSPS) is 10.3. The second kappa shape index (κ2) is 7.78. The predicted octanol–water partition coefficient (Wildman–Crippen LogP) is 4.29. The van der Waals surface area contributed by atoms with Gasteiger partial charge in [-0.1, -0.05) is 18.2 Å². The molecule has 2 aromatic carbocycles. The summed E-state index contributed by atoms with van der Waals surface area (Å²) in [6.45, 7) is 5.53. The first kappa shape index (κ1) is 18.3. The molecule has 1 aromatic heterocycles. The number of ketones is 1. The largest absolute Gasteiger partial charge is 0.324 e. The lowest BCUT2D eigenvalue weighted by molar-refractivity contribution is 0.101. The number of nitrogens with zero attached hydrogens (tertiary/aromatic N) is 2. The number of aromatic nitrogens is 2. The third-order valence-corrected chi connectivity index (χ3v) is 4.20. The molecular formula is C21H20N4O2. The van der Waals surface area contributed by atoms with Gasteiger partial charge < -0.3 is 10.6 Å². The first-order valence-corrected chi connectivity index (χ1v) is 8.51. The fraction of sp³-hybridized carbons (Fsp3) is 0.143. The van der Waals surface area contributed by atoms with Crippen LogP contribution in [0.25, 0.3) is 0 Å². The molecule has 2 N–H and O–H groups in total. The number of Topliss-reactive ketones (excluding diaryl/α,β-unsaturated/α-hetero) is 1. The van der Waals surface area contributed by atoms with Gasteiger partial charge in [-0.25, -0.2) is 9.97 Å². The first-order chi connectivity index (χ1) is 12.9. The van der Waals surface area contributed by atoms with E-state index in [4.69, 9.17) is 0 Å². The van der Waals surface area contributed by atoms with E-state index in [0.29, 0.717) is 22.8 Å². The summed E-state index contributed by atoms with van der Waals surface area (Å²) in [5, 5.41) is 5.86. The van der Waals surface area contributed by atoms with Crippen molar-refractivity contribution < 1.29 is 9.59 Å². The van der Waals surface area contributed by atoms with E-state index < -0.39 is 0 Å². The molecule has 0 radical (unpaired) electrons. The highest BCUT2D eigenvalue weighted by Crippen LogP contribution is 2.17. The zero-order valence-electron chi connectivity index (χ0n) is 15.4. The number of aryl methyl sites for hydroxylation is 2. The van der Waals surface area contributed by atoms with Crippen molar-refractivity contribution in [1.82, 2.24) is 9.97 Å². The van der Waals surface area contributed by atoms with Gasteiger partial charge in [0.05, 0.1) is 5.56 Å². The molecule has 0 bridgehead atoms. The number of hydrogen-bond acceptors (Lipinski definition) is 5. The second-order valence-corrected chi connectivity index (χ2v) is 6.31. The Morgan fingerprint density at radius 2 is 1.59 bits per heavy atom. The molecule has 0 unspecified atom stereocenters. The molecule has 6 heteroatoms. The highest BCUT2D eigenvalue weighted by atomic mass is 16.1. The van der Waals surface area contributed by atoms with E-state index in [0.717, 1.165) is 11.3 Å². The number of anilines is 3. The number of carbonyl (C=O) groups excluding carboxylic acids is 2. The summed E-state index contributed by atoms with van der Waals surface area (Å²) in [5.41, 5.74) is 4.67. The number of rotatable bonds is 5. The molecule has 136 valence electrons. The van der Waals surface area contributed by atoms with E-state index in [1.165, 1.54) is 24.9 Å². The SMILES string of the molecule is CC(=O)c1cccc(Nc2ncc(C(=O)Nc3ccc(C)c(C)c3)cn2)c1. The molecule has 0 aliphatic heterocycles. The molecule has 3 aromatic rings. The van der Waals surface area contributed by atoms with Gasteiger partial charge >= 0.3 is 0 Å². The molecular weight excluding hydrogens is 340 g/mol. The van der Waals surface area contributed by atoms with Gasteiger partial charge in [0.25, 0.3) is 5.91 Å². The second-order valence-electron chi connectivity index (χ2n) is 6.31. The zero-order chi connectivity index (χ0) is 19.4. The Morgan fingerprint density at radius 3 is 2.26 bits per heavy atom. The quantitative estimate of drug-likeness (QED) is 0.663. The number of hydrogen-bond donors (Lipinski definition) is 2. The average Bonchev–Trinajstić information content (AvgIpc) is 2.65. The van der Waals surface area contributed by atoms with Crippen molar-refractivity contribution in [3.63, 3.8) is 0 Å². The molecule has 27 heavy (non-hydrogen) atoms. The summed E-state index contributed by atoms with van der Waals surface area (Å²) in [5.74, 6) is 0.0553. The van der Waals surface area contributed by atoms with Crippen molar-refractivity contribution >= 4 is 29.0 Å². The summed E-state index contributed by atoms with van der Waals surface area (Å²) in [7, 11) is 0. The highest BCUT2D eigenvalue weighted by molar-refractivity contribution is 6.04. The van der Waals surface area contributed by atoms with Gasteiger partial charge in [0.1, 0.15) is 0 Å². The van der Waals surface area contributed by atoms with Crippen LogP contribution < -0.4 is 10.6 Å². The van der Waals surface area contributed by atoms with Crippen molar-refractivity contribution in [3.8, 4) is 0 Å². The standard InChI is InChI=1S/C21H20N4O2/c1-13-7-8-19(9-14(13)2)24-20(27)17-11-22-21(23-12-17)25-18-6-4-5-16(10-18)15(3)26/h4-12H,1-3H3,(H,24,27)(H,22,23,25). The van der Waals surface area contributed by atoms with Crippen LogP contribution in [0.2, 0.25) is 0 Å². The molecule has 0 spiro atoms. The molecule has 0 aliphatic carbocycles. The Labute approximate surface area is 157 Å². The van der Waals surface area contributed by atoms with Gasteiger partial charge in [0.2, 0.25) is 5.95 Å². The van der Waals surface area contributed by atoms with Gasteiger partial charge in [0, 0.05) is 29.3 Å². The molecule has 1 amide bonds. The van der Waals surface area contributed by atoms with Crippen LogP contribution in [0, 0.1) is 13.8 Å². The van der Waals surface area contributed by atoms with E-state index in [1.807, 2.05) is 38.1 Å². The zero-order valence-corrected chi connectivity index (χ0v) is 15.4. The van der Waals surface area contributed by atoms with Crippen LogP contribution >= 0.6 is 0 Å². The molecule has 0 saturated heterocycles. The lowest BCUT2D eigenvalue weighted by Gasteiger charge is -2.08. The molecule has 3 rings (SSSR count). The van der Waals surface area contributed by atoms with Crippen LogP contribution in [0.5, 0.6) is 0 Å². The summed E-state index contributed by atoms with van der Waals surface area (Å²) < 4.78 is 0. The van der Waals surface area contributed by atoms with Crippen molar-refractivity contribution in [1.29, 1.82) is 0 Å². The number of amides is 1. The number of benzene rings is 2. The van der Waals surface area contributed by atoms with Crippen LogP contribution in [0.3, 0.4) is 0 Å². The van der Waals surface area contributed by atoms with Gasteiger partial charge in [-0.2, -0.15) is 0 Å². The Morgan fingerprint density at radius 1 is 0.852 bits per heavy atom. The lowest BCUT2D eigenvalue weighted by atomic mass is 10.1. The van der Waals surface area contributed by atoms with Gasteiger partial charge in [-0.05, 0) is 56.2 Å². The molecule has 0 atom stereocenters. The maximum Gasteiger partial charge on any atom is 0.258 e. The van der Waals surface area contributed by atoms with Crippen molar-refractivity contribution in [2.45, 2.75) is 20.8 Å². The fourth-order valence-electron chi connectivity index (χ4n) is 2.48. The maximum atomic E-state index is 12.4. The van der Waals surface area contributed by atoms with E-state index in [2.05, 4.69) is 20.6 Å². The van der Waals surface area contributed by atoms with E-state index in [1.54, 1.807) is 18.2 Å². The van der Waals surface area contributed by atoms with Crippen molar-refractivity contribution in [2.24, 2.45) is 0 Å². The minimum absolute atomic E-state index is 0.0158. The summed E-state index contributed by atoms with van der Waals surface area (Å²) in [6, 6.07) is 12.8. The molecule has 6 nitrogen and oxygen atoms in total. The van der Waals surface area contributed by atoms with Gasteiger partial charge in [-0.15, -0.1) is 0 Å². The molecule has 0 saturated carbocycles. The Bertz CT molecular complexity index is 997. The van der Waals surface area contributed by atoms with Crippen LogP contribution in [-0.4, -0.2) is 21.7 Å². The van der Waals surface area contributed by atoms with E-state index in [9.17, 15) is 9.59 Å². The monoisotopic (exact) mass is 360 g/mol. The molecule has 0 aliphatic rings. The Hall–Kier alpha value is -3.54. The van der Waals surface area contributed by atoms with Crippen LogP contribution in [0.15, 0.2) is 54.9 Å². The minimum atomic E-state index is -0.275. The lowest BCUT2D eigenvalue weighted by Crippen LogP contribution is -2.13.